The van der Waals surface area contributed by atoms with Gasteiger partial charge < -0.3 is 38.4 Å². The lowest BCUT2D eigenvalue weighted by atomic mass is 10.0. The lowest BCUT2D eigenvalue weighted by Crippen LogP contribution is -1.93. The molecule has 4 aromatic carbocycles. The molecule has 0 aliphatic carbocycles. The number of halogens is 1. The molecular weight excluding hydrogens is 879 g/mol. The number of aromatic nitrogens is 4. The maximum Gasteiger partial charge on any atom is 0.123 e. The summed E-state index contributed by atoms with van der Waals surface area (Å²) in [7, 11) is 9.90. The van der Waals surface area contributed by atoms with Crippen molar-refractivity contribution in [1.29, 1.82) is 0 Å². The fourth-order valence-electron chi connectivity index (χ4n) is 7.89. The van der Waals surface area contributed by atoms with Crippen LogP contribution in [-0.2, 0) is 0 Å². The topological polar surface area (TPSA) is 113 Å². The Morgan fingerprint density at radius 2 is 0.607 bits per heavy atom. The van der Waals surface area contributed by atoms with Crippen molar-refractivity contribution >= 4 is 69.0 Å². The van der Waals surface area contributed by atoms with Gasteiger partial charge in [-0.2, -0.15) is 0 Å². The molecular formula is C50H41IN4O6. The number of aromatic amines is 2. The molecule has 2 N–H and O–H groups in total. The number of rotatable bonds is 10. The normalized spacial score (nSPS) is 11.7. The van der Waals surface area contributed by atoms with Crippen molar-refractivity contribution < 1.29 is 28.4 Å². The number of hydrogen-bond donors (Lipinski definition) is 2. The van der Waals surface area contributed by atoms with E-state index in [2.05, 4.69) is 93.2 Å². The number of H-pyrrole nitrogens is 2. The molecule has 10 nitrogen and oxygen atoms in total. The predicted octanol–water partition coefficient (Wildman–Crippen LogP) is 12.0. The van der Waals surface area contributed by atoms with Crippen LogP contribution < -0.4 is 28.4 Å². The fraction of sp³-hybridized carbons (Fsp3) is 0.120. The third-order valence-electron chi connectivity index (χ3n) is 10.8. The van der Waals surface area contributed by atoms with Gasteiger partial charge in [0.2, 0.25) is 0 Å². The standard InChI is InChI=1S/C50H41IN4O6/c1-56-33-19-29(20-34(25-33)57-2)48-41-13-11-39(52-41)47(28-7-9-32(51)10-8-28)40-12-14-42(53-40)49(30-21-35(58-3)26-36(22-30)59-4)44-16-18-46(55-44)50(45-17-15-43(48)54-45)31-23-37(60-5)27-38(24-31)61-6/h7-27,52,55H,1-6H3. The van der Waals surface area contributed by atoms with Gasteiger partial charge >= 0.3 is 0 Å². The zero-order valence-corrected chi connectivity index (χ0v) is 36.5. The van der Waals surface area contributed by atoms with Gasteiger partial charge in [0.1, 0.15) is 34.5 Å². The second kappa shape index (κ2) is 16.6. The van der Waals surface area contributed by atoms with Crippen LogP contribution in [0.4, 0.5) is 0 Å². The van der Waals surface area contributed by atoms with Crippen LogP contribution in [0.2, 0.25) is 0 Å². The van der Waals surface area contributed by atoms with Gasteiger partial charge in [0.15, 0.2) is 0 Å². The summed E-state index contributed by atoms with van der Waals surface area (Å²) in [5, 5.41) is 0. The van der Waals surface area contributed by atoms with Crippen molar-refractivity contribution in [3.63, 3.8) is 0 Å². The van der Waals surface area contributed by atoms with E-state index in [-0.39, 0.29) is 0 Å². The van der Waals surface area contributed by atoms with Gasteiger partial charge in [-0.3, -0.25) is 0 Å². The van der Waals surface area contributed by atoms with Crippen molar-refractivity contribution in [1.82, 2.24) is 19.9 Å². The summed E-state index contributed by atoms with van der Waals surface area (Å²) in [6.07, 6.45) is 8.23. The van der Waals surface area contributed by atoms with Crippen LogP contribution in [0.3, 0.4) is 0 Å². The zero-order chi connectivity index (χ0) is 42.2. The van der Waals surface area contributed by atoms with Crippen molar-refractivity contribution in [2.45, 2.75) is 0 Å². The molecule has 61 heavy (non-hydrogen) atoms. The Morgan fingerprint density at radius 1 is 0.344 bits per heavy atom. The molecule has 3 aromatic heterocycles. The molecule has 0 atom stereocenters. The van der Waals surface area contributed by atoms with Crippen molar-refractivity contribution in [2.24, 2.45) is 0 Å². The second-order valence-electron chi connectivity index (χ2n) is 14.3. The van der Waals surface area contributed by atoms with E-state index in [4.69, 9.17) is 38.4 Å². The second-order valence-corrected chi connectivity index (χ2v) is 15.6. The number of benzene rings is 4. The first-order valence-corrected chi connectivity index (χ1v) is 20.5. The minimum Gasteiger partial charge on any atom is -0.497 e. The average molecular weight is 921 g/mol. The molecule has 0 amide bonds. The number of fused-ring (bicyclic) bond motifs is 8. The third kappa shape index (κ3) is 7.57. The predicted molar refractivity (Wildman–Crippen MR) is 253 cm³/mol. The number of nitrogens with one attached hydrogen (secondary N) is 2. The molecule has 2 aliphatic heterocycles. The molecule has 0 fully saturated rings. The first-order chi connectivity index (χ1) is 29.8. The molecule has 5 heterocycles. The molecule has 0 saturated carbocycles. The molecule has 2 aliphatic rings. The number of methoxy groups -OCH3 is 6. The summed E-state index contributed by atoms with van der Waals surface area (Å²) in [6, 6.07) is 34.4. The Labute approximate surface area is 366 Å². The van der Waals surface area contributed by atoms with Crippen molar-refractivity contribution in [3.8, 4) is 79.0 Å². The fourth-order valence-corrected chi connectivity index (χ4v) is 8.25. The molecule has 0 unspecified atom stereocenters. The summed E-state index contributed by atoms with van der Waals surface area (Å²) in [6.45, 7) is 0. The molecule has 7 aromatic rings. The van der Waals surface area contributed by atoms with Crippen LogP contribution in [0.5, 0.6) is 34.5 Å². The van der Waals surface area contributed by atoms with E-state index in [1.54, 1.807) is 42.7 Å². The van der Waals surface area contributed by atoms with Crippen LogP contribution in [-0.4, -0.2) is 62.6 Å². The molecule has 8 bridgehead atoms. The molecule has 0 spiro atoms. The molecule has 0 saturated heterocycles. The van der Waals surface area contributed by atoms with Crippen LogP contribution in [0, 0.1) is 3.57 Å². The highest BCUT2D eigenvalue weighted by molar-refractivity contribution is 14.1. The lowest BCUT2D eigenvalue weighted by molar-refractivity contribution is 0.394. The summed E-state index contributed by atoms with van der Waals surface area (Å²) in [4.78, 5) is 18.4. The van der Waals surface area contributed by atoms with Gasteiger partial charge in [-0.25, -0.2) is 9.97 Å². The molecule has 9 rings (SSSR count). The third-order valence-corrected chi connectivity index (χ3v) is 11.5. The minimum atomic E-state index is 0.645. The van der Waals surface area contributed by atoms with E-state index < -0.39 is 0 Å². The molecule has 304 valence electrons. The Hall–Kier alpha value is -6.99. The van der Waals surface area contributed by atoms with Gasteiger partial charge in [0, 0.05) is 66.1 Å². The van der Waals surface area contributed by atoms with E-state index in [0.29, 0.717) is 34.5 Å². The van der Waals surface area contributed by atoms with Crippen LogP contribution >= 0.6 is 22.6 Å². The maximum absolute atomic E-state index is 5.78. The monoisotopic (exact) mass is 920 g/mol. The highest BCUT2D eigenvalue weighted by Crippen LogP contribution is 2.42. The minimum absolute atomic E-state index is 0.645. The number of nitrogens with zero attached hydrogens (tertiary/aromatic N) is 2. The van der Waals surface area contributed by atoms with Crippen LogP contribution in [0.15, 0.2) is 103 Å². The average Bonchev–Trinajstić information content (AvgIpc) is 4.15. The zero-order valence-electron chi connectivity index (χ0n) is 34.3. The van der Waals surface area contributed by atoms with Crippen molar-refractivity contribution in [2.75, 3.05) is 42.7 Å². The van der Waals surface area contributed by atoms with Gasteiger partial charge in [0.05, 0.1) is 65.4 Å². The Bertz CT molecular complexity index is 2950. The highest BCUT2D eigenvalue weighted by atomic mass is 127. The van der Waals surface area contributed by atoms with E-state index in [1.165, 1.54) is 0 Å². The summed E-state index contributed by atoms with van der Waals surface area (Å²) in [5.41, 5.74) is 13.5. The quantitative estimate of drug-likeness (QED) is 0.130. The van der Waals surface area contributed by atoms with Gasteiger partial charge in [-0.05, 0) is 142 Å². The van der Waals surface area contributed by atoms with E-state index >= 15 is 0 Å². The van der Waals surface area contributed by atoms with Crippen molar-refractivity contribution in [3.05, 3.63) is 129 Å². The first-order valence-electron chi connectivity index (χ1n) is 19.4. The van der Waals surface area contributed by atoms with Crippen LogP contribution in [0.25, 0.3) is 90.9 Å². The van der Waals surface area contributed by atoms with E-state index in [9.17, 15) is 0 Å². The first kappa shape index (κ1) is 39.5. The highest BCUT2D eigenvalue weighted by Gasteiger charge is 2.21. The largest absolute Gasteiger partial charge is 0.497 e. The van der Waals surface area contributed by atoms with E-state index in [1.807, 2.05) is 66.7 Å². The molecule has 0 radical (unpaired) electrons. The molecule has 11 heteroatoms. The van der Waals surface area contributed by atoms with Gasteiger partial charge in [0.25, 0.3) is 0 Å². The number of ether oxygens (including phenoxy) is 6. The lowest BCUT2D eigenvalue weighted by Gasteiger charge is -2.11. The summed E-state index contributed by atoms with van der Waals surface area (Å²) >= 11 is 2.34. The number of hydrogen-bond acceptors (Lipinski definition) is 8. The summed E-state index contributed by atoms with van der Waals surface area (Å²) < 4.78 is 35.8. The van der Waals surface area contributed by atoms with Gasteiger partial charge in [-0.1, -0.05) is 12.1 Å². The Kier molecular flexibility index (Phi) is 10.7. The maximum atomic E-state index is 5.78. The summed E-state index contributed by atoms with van der Waals surface area (Å²) in [5.74, 6) is 3.91. The van der Waals surface area contributed by atoms with E-state index in [0.717, 1.165) is 92.9 Å². The van der Waals surface area contributed by atoms with Crippen LogP contribution in [0.1, 0.15) is 22.8 Å². The SMILES string of the molecule is COc1cc(OC)cc(-c2c3nc(c(-c4cc(OC)cc(OC)c4)c4ccc([nH]4)c(-c4cc(OC)cc(OC)c4)c4nc(c(-c5ccc(I)cc5)c5ccc2[nH]5)C=C4)C=C3)c1. The van der Waals surface area contributed by atoms with Gasteiger partial charge in [-0.15, -0.1) is 0 Å². The smallest absolute Gasteiger partial charge is 0.123 e. The Balaban J connectivity index is 1.49. The Morgan fingerprint density at radius 3 is 0.869 bits per heavy atom.